The fourth-order valence-electron chi connectivity index (χ4n) is 1.67. The molecule has 0 heterocycles. The Kier molecular flexibility index (Phi) is 6.47. The first-order valence-corrected chi connectivity index (χ1v) is 5.93. The van der Waals surface area contributed by atoms with Crippen LogP contribution >= 0.6 is 11.6 Å². The van der Waals surface area contributed by atoms with Crippen LogP contribution in [0.25, 0.3) is 0 Å². The molecule has 96 valence electrons. The van der Waals surface area contributed by atoms with Crippen molar-refractivity contribution in [3.05, 3.63) is 34.9 Å². The van der Waals surface area contributed by atoms with Gasteiger partial charge in [0.2, 0.25) is 0 Å². The van der Waals surface area contributed by atoms with E-state index in [2.05, 4.69) is 0 Å². The standard InChI is InChI=1S/C12H18ClNO3/c13-11-4-2-1-3-10(11)12(17)9-14(5-7-15)6-8-16/h1-4,12,15-17H,5-9H2. The second kappa shape index (κ2) is 7.63. The van der Waals surface area contributed by atoms with Crippen molar-refractivity contribution in [2.75, 3.05) is 32.8 Å². The lowest BCUT2D eigenvalue weighted by Gasteiger charge is -2.24. The molecule has 1 atom stereocenters. The van der Waals surface area contributed by atoms with Crippen LogP contribution in [0.5, 0.6) is 0 Å². The van der Waals surface area contributed by atoms with E-state index in [1.165, 1.54) is 0 Å². The van der Waals surface area contributed by atoms with Gasteiger partial charge in [-0.15, -0.1) is 0 Å². The van der Waals surface area contributed by atoms with Crippen molar-refractivity contribution in [3.8, 4) is 0 Å². The Morgan fingerprint density at radius 1 is 1.12 bits per heavy atom. The molecule has 1 aromatic carbocycles. The fourth-order valence-corrected chi connectivity index (χ4v) is 1.93. The average Bonchev–Trinajstić information content (AvgIpc) is 2.30. The van der Waals surface area contributed by atoms with Gasteiger partial charge in [0.25, 0.3) is 0 Å². The molecule has 0 aliphatic heterocycles. The molecular weight excluding hydrogens is 242 g/mol. The van der Waals surface area contributed by atoms with Crippen LogP contribution in [0.15, 0.2) is 24.3 Å². The van der Waals surface area contributed by atoms with Gasteiger partial charge in [0.05, 0.1) is 19.3 Å². The Morgan fingerprint density at radius 2 is 1.71 bits per heavy atom. The number of halogens is 1. The van der Waals surface area contributed by atoms with Gasteiger partial charge >= 0.3 is 0 Å². The topological polar surface area (TPSA) is 63.9 Å². The molecule has 0 spiro atoms. The molecule has 0 saturated carbocycles. The van der Waals surface area contributed by atoms with Gasteiger partial charge in [-0.2, -0.15) is 0 Å². The van der Waals surface area contributed by atoms with Crippen LogP contribution < -0.4 is 0 Å². The zero-order chi connectivity index (χ0) is 12.7. The highest BCUT2D eigenvalue weighted by atomic mass is 35.5. The summed E-state index contributed by atoms with van der Waals surface area (Å²) in [6.07, 6.45) is -0.721. The third-order valence-electron chi connectivity index (χ3n) is 2.53. The predicted octanol–water partition coefficient (Wildman–Crippen LogP) is 0.660. The quantitative estimate of drug-likeness (QED) is 0.673. The molecular formula is C12H18ClNO3. The maximum absolute atomic E-state index is 10.0. The smallest absolute Gasteiger partial charge is 0.0931 e. The van der Waals surface area contributed by atoms with Crippen LogP contribution in [0.4, 0.5) is 0 Å². The van der Waals surface area contributed by atoms with E-state index < -0.39 is 6.10 Å². The second-order valence-corrected chi connectivity index (χ2v) is 4.19. The van der Waals surface area contributed by atoms with Crippen molar-refractivity contribution < 1.29 is 15.3 Å². The molecule has 0 radical (unpaired) electrons. The summed E-state index contributed by atoms with van der Waals surface area (Å²) in [5, 5.41) is 28.3. The minimum atomic E-state index is -0.721. The van der Waals surface area contributed by atoms with Crippen molar-refractivity contribution in [2.45, 2.75) is 6.10 Å². The van der Waals surface area contributed by atoms with E-state index in [9.17, 15) is 5.11 Å². The van der Waals surface area contributed by atoms with E-state index in [0.29, 0.717) is 30.2 Å². The third-order valence-corrected chi connectivity index (χ3v) is 2.87. The maximum atomic E-state index is 10.0. The Hall–Kier alpha value is -0.650. The first kappa shape index (κ1) is 14.4. The van der Waals surface area contributed by atoms with Crippen LogP contribution in [0, 0.1) is 0 Å². The van der Waals surface area contributed by atoms with Gasteiger partial charge in [-0.1, -0.05) is 29.8 Å². The third kappa shape index (κ3) is 4.61. The maximum Gasteiger partial charge on any atom is 0.0931 e. The number of hydrogen-bond donors (Lipinski definition) is 3. The summed E-state index contributed by atoms with van der Waals surface area (Å²) in [5.74, 6) is 0. The van der Waals surface area contributed by atoms with E-state index >= 15 is 0 Å². The van der Waals surface area contributed by atoms with Gasteiger partial charge < -0.3 is 15.3 Å². The summed E-state index contributed by atoms with van der Waals surface area (Å²) < 4.78 is 0. The minimum absolute atomic E-state index is 0.00472. The highest BCUT2D eigenvalue weighted by molar-refractivity contribution is 6.31. The number of rotatable bonds is 7. The monoisotopic (exact) mass is 259 g/mol. The molecule has 1 rings (SSSR count). The molecule has 0 bridgehead atoms. The molecule has 1 unspecified atom stereocenters. The summed E-state index contributed by atoms with van der Waals surface area (Å²) in [6, 6.07) is 7.11. The zero-order valence-corrected chi connectivity index (χ0v) is 10.3. The number of aliphatic hydroxyl groups excluding tert-OH is 3. The van der Waals surface area contributed by atoms with Crippen molar-refractivity contribution >= 4 is 11.6 Å². The van der Waals surface area contributed by atoms with Gasteiger partial charge in [0.1, 0.15) is 0 Å². The van der Waals surface area contributed by atoms with E-state index in [-0.39, 0.29) is 13.2 Å². The molecule has 0 fully saturated rings. The summed E-state index contributed by atoms with van der Waals surface area (Å²) in [4.78, 5) is 1.79. The Morgan fingerprint density at radius 3 is 2.24 bits per heavy atom. The molecule has 17 heavy (non-hydrogen) atoms. The molecule has 4 nitrogen and oxygen atoms in total. The molecule has 0 aliphatic carbocycles. The van der Waals surface area contributed by atoms with Crippen LogP contribution in [0.1, 0.15) is 11.7 Å². The van der Waals surface area contributed by atoms with E-state index in [4.69, 9.17) is 21.8 Å². The van der Waals surface area contributed by atoms with Gasteiger partial charge in [0, 0.05) is 30.2 Å². The summed E-state index contributed by atoms with van der Waals surface area (Å²) in [5.41, 5.74) is 0.662. The van der Waals surface area contributed by atoms with E-state index in [1.54, 1.807) is 23.1 Å². The number of nitrogens with zero attached hydrogens (tertiary/aromatic N) is 1. The molecule has 0 amide bonds. The van der Waals surface area contributed by atoms with Crippen LogP contribution in [0.2, 0.25) is 5.02 Å². The molecule has 0 saturated heterocycles. The van der Waals surface area contributed by atoms with Gasteiger partial charge in [-0.05, 0) is 6.07 Å². The predicted molar refractivity (Wildman–Crippen MR) is 67.0 cm³/mol. The normalized spacial score (nSPS) is 13.0. The second-order valence-electron chi connectivity index (χ2n) is 3.79. The molecule has 0 aromatic heterocycles. The number of benzene rings is 1. The summed E-state index contributed by atoms with van der Waals surface area (Å²) in [6.45, 7) is 1.17. The fraction of sp³-hybridized carbons (Fsp3) is 0.500. The molecule has 1 aromatic rings. The van der Waals surface area contributed by atoms with Crippen molar-refractivity contribution in [1.29, 1.82) is 0 Å². The first-order chi connectivity index (χ1) is 8.19. The Labute approximate surface area is 106 Å². The van der Waals surface area contributed by atoms with Crippen molar-refractivity contribution in [1.82, 2.24) is 4.90 Å². The average molecular weight is 260 g/mol. The number of hydrogen-bond acceptors (Lipinski definition) is 4. The van der Waals surface area contributed by atoms with Gasteiger partial charge in [0.15, 0.2) is 0 Å². The lowest BCUT2D eigenvalue weighted by atomic mass is 10.1. The number of aliphatic hydroxyl groups is 3. The molecule has 3 N–H and O–H groups in total. The SMILES string of the molecule is OCCN(CCO)CC(O)c1ccccc1Cl. The zero-order valence-electron chi connectivity index (χ0n) is 9.59. The Bertz CT molecular complexity index is 329. The van der Waals surface area contributed by atoms with Crippen molar-refractivity contribution in [3.63, 3.8) is 0 Å². The molecule has 0 aliphatic rings. The van der Waals surface area contributed by atoms with Gasteiger partial charge in [-0.3, -0.25) is 4.90 Å². The Balaban J connectivity index is 2.63. The van der Waals surface area contributed by atoms with Crippen LogP contribution in [-0.2, 0) is 0 Å². The minimum Gasteiger partial charge on any atom is -0.395 e. The van der Waals surface area contributed by atoms with E-state index in [1.807, 2.05) is 6.07 Å². The highest BCUT2D eigenvalue weighted by Crippen LogP contribution is 2.23. The van der Waals surface area contributed by atoms with E-state index in [0.717, 1.165) is 0 Å². The summed E-state index contributed by atoms with van der Waals surface area (Å²) >= 11 is 5.98. The highest BCUT2D eigenvalue weighted by Gasteiger charge is 2.15. The van der Waals surface area contributed by atoms with Crippen molar-refractivity contribution in [2.24, 2.45) is 0 Å². The summed E-state index contributed by atoms with van der Waals surface area (Å²) in [7, 11) is 0. The lowest BCUT2D eigenvalue weighted by Crippen LogP contribution is -2.33. The van der Waals surface area contributed by atoms with Crippen LogP contribution in [0.3, 0.4) is 0 Å². The van der Waals surface area contributed by atoms with Gasteiger partial charge in [-0.25, -0.2) is 0 Å². The largest absolute Gasteiger partial charge is 0.395 e. The first-order valence-electron chi connectivity index (χ1n) is 5.55. The molecule has 5 heteroatoms. The lowest BCUT2D eigenvalue weighted by molar-refractivity contribution is 0.0875. The van der Waals surface area contributed by atoms with Crippen LogP contribution in [-0.4, -0.2) is 53.1 Å².